The highest BCUT2D eigenvalue weighted by Gasteiger charge is 2.43. The molecule has 4 heterocycles. The molecule has 1 aliphatic carbocycles. The van der Waals surface area contributed by atoms with E-state index in [1.165, 1.54) is 12.4 Å². The van der Waals surface area contributed by atoms with Crippen molar-refractivity contribution in [3.05, 3.63) is 47.8 Å². The zero-order chi connectivity index (χ0) is 23.2. The Hall–Kier alpha value is -3.53. The van der Waals surface area contributed by atoms with Gasteiger partial charge >= 0.3 is 0 Å². The number of nitrogens with one attached hydrogen (secondary N) is 1. The number of halogens is 2. The van der Waals surface area contributed by atoms with Crippen molar-refractivity contribution in [3.63, 3.8) is 0 Å². The third-order valence-electron chi connectivity index (χ3n) is 6.38. The number of rotatable bonds is 7. The fourth-order valence-corrected chi connectivity index (χ4v) is 4.77. The molecule has 1 saturated carbocycles. The van der Waals surface area contributed by atoms with Gasteiger partial charge in [-0.15, -0.1) is 0 Å². The van der Waals surface area contributed by atoms with Gasteiger partial charge in [-0.3, -0.25) is 4.79 Å². The number of anilines is 3. The number of benzene rings is 1. The molecule has 3 fully saturated rings. The van der Waals surface area contributed by atoms with Gasteiger partial charge in [-0.05, 0) is 37.5 Å². The molecule has 0 radical (unpaired) electrons. The predicted molar refractivity (Wildman–Crippen MR) is 125 cm³/mol. The molecule has 0 unspecified atom stereocenters. The van der Waals surface area contributed by atoms with Crippen LogP contribution in [-0.4, -0.2) is 62.4 Å². The SMILES string of the molecule is O=C/C=C/N1C[C@@H]2C[C@H]1CN2c1ncc2ncnc(Nc3ccc(OC4CC4)c(Cl)c3F)c2n1. The molecule has 2 aromatic heterocycles. The van der Waals surface area contributed by atoms with Crippen LogP contribution in [-0.2, 0) is 4.79 Å². The molecule has 6 rings (SSSR count). The summed E-state index contributed by atoms with van der Waals surface area (Å²) in [5, 5.41) is 2.95. The number of carbonyl (C=O) groups is 1. The maximum absolute atomic E-state index is 15.0. The van der Waals surface area contributed by atoms with Crippen molar-refractivity contribution in [1.29, 1.82) is 0 Å². The van der Waals surface area contributed by atoms with Gasteiger partial charge in [0.05, 0.1) is 24.0 Å². The number of allylic oxidation sites excluding steroid dienone is 1. The van der Waals surface area contributed by atoms with Gasteiger partial charge < -0.3 is 19.9 Å². The maximum atomic E-state index is 15.0. The predicted octanol–water partition coefficient (Wildman–Crippen LogP) is 3.47. The fraction of sp³-hybridized carbons (Fsp3) is 0.348. The molecule has 2 aliphatic heterocycles. The summed E-state index contributed by atoms with van der Waals surface area (Å²) < 4.78 is 20.6. The fourth-order valence-electron chi connectivity index (χ4n) is 4.56. The minimum atomic E-state index is -0.610. The monoisotopic (exact) mass is 481 g/mol. The van der Waals surface area contributed by atoms with Crippen LogP contribution in [0.4, 0.5) is 21.8 Å². The lowest BCUT2D eigenvalue weighted by molar-refractivity contribution is -0.104. The van der Waals surface area contributed by atoms with Crippen LogP contribution in [0.1, 0.15) is 19.3 Å². The number of fused-ring (bicyclic) bond motifs is 3. The molecular formula is C23H21ClFN7O2. The number of nitrogens with zero attached hydrogens (tertiary/aromatic N) is 6. The van der Waals surface area contributed by atoms with E-state index in [-0.39, 0.29) is 22.9 Å². The molecule has 2 bridgehead atoms. The van der Waals surface area contributed by atoms with E-state index in [1.807, 2.05) is 6.20 Å². The first kappa shape index (κ1) is 21.0. The van der Waals surface area contributed by atoms with Crippen molar-refractivity contribution in [3.8, 4) is 5.75 Å². The number of aromatic nitrogens is 4. The van der Waals surface area contributed by atoms with E-state index in [2.05, 4.69) is 30.1 Å². The lowest BCUT2D eigenvalue weighted by Gasteiger charge is -2.33. The first-order valence-electron chi connectivity index (χ1n) is 11.1. The van der Waals surface area contributed by atoms with Crippen LogP contribution in [0.2, 0.25) is 5.02 Å². The molecule has 1 aromatic carbocycles. The highest BCUT2D eigenvalue weighted by Crippen LogP contribution is 2.38. The van der Waals surface area contributed by atoms with E-state index in [0.717, 1.165) is 38.6 Å². The number of aldehydes is 1. The number of hydrogen-bond acceptors (Lipinski definition) is 9. The Morgan fingerprint density at radius 3 is 2.82 bits per heavy atom. The Kier molecular flexibility index (Phi) is 5.17. The molecule has 1 N–H and O–H groups in total. The zero-order valence-electron chi connectivity index (χ0n) is 18.1. The summed E-state index contributed by atoms with van der Waals surface area (Å²) in [6.45, 7) is 1.55. The largest absolute Gasteiger partial charge is 0.489 e. The molecule has 174 valence electrons. The third kappa shape index (κ3) is 3.77. The topological polar surface area (TPSA) is 96.4 Å². The van der Waals surface area contributed by atoms with Crippen molar-refractivity contribution in [2.45, 2.75) is 37.5 Å². The van der Waals surface area contributed by atoms with Crippen molar-refractivity contribution in [2.75, 3.05) is 23.3 Å². The first-order chi connectivity index (χ1) is 16.6. The molecule has 11 heteroatoms. The third-order valence-corrected chi connectivity index (χ3v) is 6.73. The molecule has 0 spiro atoms. The second-order valence-corrected chi connectivity index (χ2v) is 9.06. The zero-order valence-corrected chi connectivity index (χ0v) is 18.8. The van der Waals surface area contributed by atoms with Gasteiger partial charge in [0.2, 0.25) is 5.95 Å². The van der Waals surface area contributed by atoms with Crippen LogP contribution in [0.5, 0.6) is 5.75 Å². The Balaban J connectivity index is 1.27. The summed E-state index contributed by atoms with van der Waals surface area (Å²) in [5.74, 6) is 0.662. The lowest BCUT2D eigenvalue weighted by Crippen LogP contribution is -2.44. The molecule has 9 nitrogen and oxygen atoms in total. The first-order valence-corrected chi connectivity index (χ1v) is 11.5. The minimum absolute atomic E-state index is 0.0631. The van der Waals surface area contributed by atoms with E-state index >= 15 is 0 Å². The number of piperazine rings is 1. The molecule has 0 amide bonds. The van der Waals surface area contributed by atoms with Crippen molar-refractivity contribution >= 4 is 46.4 Å². The van der Waals surface area contributed by atoms with Crippen LogP contribution in [0.3, 0.4) is 0 Å². The molecule has 3 aromatic rings. The summed E-state index contributed by atoms with van der Waals surface area (Å²) in [6, 6.07) is 3.78. The average molecular weight is 482 g/mol. The van der Waals surface area contributed by atoms with Gasteiger partial charge in [-0.25, -0.2) is 24.3 Å². The molecule has 3 aliphatic rings. The second-order valence-electron chi connectivity index (χ2n) is 8.68. The van der Waals surface area contributed by atoms with Gasteiger partial charge in [0.25, 0.3) is 0 Å². The summed E-state index contributed by atoms with van der Waals surface area (Å²) in [4.78, 5) is 32.8. The van der Waals surface area contributed by atoms with Crippen LogP contribution in [0.25, 0.3) is 11.0 Å². The summed E-state index contributed by atoms with van der Waals surface area (Å²) >= 11 is 6.21. The summed E-state index contributed by atoms with van der Waals surface area (Å²) in [7, 11) is 0. The van der Waals surface area contributed by atoms with E-state index < -0.39 is 5.82 Å². The average Bonchev–Trinajstić information content (AvgIpc) is 3.45. The van der Waals surface area contributed by atoms with Gasteiger partial charge in [0.1, 0.15) is 34.4 Å². The maximum Gasteiger partial charge on any atom is 0.226 e. The Morgan fingerprint density at radius 2 is 2.06 bits per heavy atom. The summed E-state index contributed by atoms with van der Waals surface area (Å²) in [6.07, 6.45) is 10.2. The minimum Gasteiger partial charge on any atom is -0.489 e. The van der Waals surface area contributed by atoms with Crippen LogP contribution in [0.15, 0.2) is 36.9 Å². The Morgan fingerprint density at radius 1 is 1.18 bits per heavy atom. The molecule has 2 saturated heterocycles. The number of hydrogen-bond donors (Lipinski definition) is 1. The van der Waals surface area contributed by atoms with E-state index in [4.69, 9.17) is 21.3 Å². The van der Waals surface area contributed by atoms with Crippen LogP contribution < -0.4 is 15.0 Å². The highest BCUT2D eigenvalue weighted by molar-refractivity contribution is 6.32. The van der Waals surface area contributed by atoms with Crippen molar-refractivity contribution in [2.24, 2.45) is 0 Å². The Bertz CT molecular complexity index is 1300. The van der Waals surface area contributed by atoms with Gasteiger partial charge in [-0.2, -0.15) is 0 Å². The number of ether oxygens (including phenoxy) is 1. The quantitative estimate of drug-likeness (QED) is 0.402. The van der Waals surface area contributed by atoms with E-state index in [0.29, 0.717) is 34.6 Å². The molecule has 2 atom stereocenters. The Labute approximate surface area is 199 Å². The van der Waals surface area contributed by atoms with Gasteiger partial charge in [0.15, 0.2) is 11.6 Å². The van der Waals surface area contributed by atoms with Crippen molar-refractivity contribution in [1.82, 2.24) is 24.8 Å². The standard InChI is InChI=1S/C23H21ClFN7O2/c24-19-18(34-15-2-3-15)5-4-16(20(19)25)29-22-21-17(27-12-28-22)9-26-23(30-21)32-11-13-8-14(32)10-31(13)6-1-7-33/h1,4-7,9,12-15H,2-3,8,10-11H2,(H,27,28,29)/b6-1+/t13-,14-/m0/s1. The van der Waals surface area contributed by atoms with Crippen LogP contribution >= 0.6 is 11.6 Å². The van der Waals surface area contributed by atoms with Crippen LogP contribution in [0, 0.1) is 5.82 Å². The molecular weight excluding hydrogens is 461 g/mol. The number of carbonyl (C=O) groups excluding carboxylic acids is 1. The molecule has 34 heavy (non-hydrogen) atoms. The second kappa shape index (κ2) is 8.35. The normalized spacial score (nSPS) is 21.6. The lowest BCUT2D eigenvalue weighted by atomic mass is 10.2. The summed E-state index contributed by atoms with van der Waals surface area (Å²) in [5.41, 5.74) is 1.20. The highest BCUT2D eigenvalue weighted by atomic mass is 35.5. The van der Waals surface area contributed by atoms with E-state index in [1.54, 1.807) is 18.3 Å². The van der Waals surface area contributed by atoms with Crippen molar-refractivity contribution < 1.29 is 13.9 Å². The smallest absolute Gasteiger partial charge is 0.226 e. The van der Waals surface area contributed by atoms with Gasteiger partial charge in [0, 0.05) is 25.3 Å². The van der Waals surface area contributed by atoms with Gasteiger partial charge in [-0.1, -0.05) is 11.6 Å². The number of likely N-dealkylation sites (tertiary alicyclic amines) is 1. The van der Waals surface area contributed by atoms with E-state index in [9.17, 15) is 9.18 Å².